The van der Waals surface area contributed by atoms with Gasteiger partial charge in [0.1, 0.15) is 0 Å². The van der Waals surface area contributed by atoms with E-state index in [1.165, 1.54) is 31.3 Å². The predicted molar refractivity (Wildman–Crippen MR) is 58.9 cm³/mol. The molecule has 0 heterocycles. The highest BCUT2D eigenvalue weighted by Crippen LogP contribution is 2.20. The molecule has 0 aromatic heterocycles. The molecule has 0 saturated carbocycles. The van der Waals surface area contributed by atoms with Gasteiger partial charge in [0, 0.05) is 13.0 Å². The van der Waals surface area contributed by atoms with Gasteiger partial charge in [-0.25, -0.2) is 0 Å². The highest BCUT2D eigenvalue weighted by molar-refractivity contribution is 4.97. The molecule has 0 aromatic rings. The largest absolute Gasteiger partial charge is 0.381 e. The van der Waals surface area contributed by atoms with Crippen LogP contribution in [0, 0.1) is 5.92 Å². The Balaban J connectivity index is 3.80. The van der Waals surface area contributed by atoms with Gasteiger partial charge < -0.3 is 4.74 Å². The van der Waals surface area contributed by atoms with Crippen LogP contribution in [-0.2, 0) is 4.74 Å². The lowest BCUT2D eigenvalue weighted by atomic mass is 9.93. The van der Waals surface area contributed by atoms with Crippen LogP contribution in [0.25, 0.3) is 0 Å². The molecule has 0 N–H and O–H groups in total. The Bertz CT molecular complexity index is 140. The van der Waals surface area contributed by atoms with E-state index < -0.39 is 0 Å². The molecule has 0 fully saturated rings. The summed E-state index contributed by atoms with van der Waals surface area (Å²) in [5.41, 5.74) is 1.23. The van der Waals surface area contributed by atoms with Crippen molar-refractivity contribution in [2.24, 2.45) is 5.92 Å². The first-order valence-corrected chi connectivity index (χ1v) is 5.31. The molecule has 0 bridgehead atoms. The number of rotatable bonds is 7. The van der Waals surface area contributed by atoms with Gasteiger partial charge in [-0.15, -0.1) is 0 Å². The van der Waals surface area contributed by atoms with Gasteiger partial charge >= 0.3 is 0 Å². The van der Waals surface area contributed by atoms with Crippen molar-refractivity contribution < 1.29 is 4.74 Å². The molecular formula is C12H24O. The molecule has 0 spiro atoms. The van der Waals surface area contributed by atoms with Crippen LogP contribution < -0.4 is 0 Å². The van der Waals surface area contributed by atoms with Gasteiger partial charge in [-0.2, -0.15) is 0 Å². The molecule has 0 saturated heterocycles. The summed E-state index contributed by atoms with van der Waals surface area (Å²) in [5.74, 6) is 0.488. The van der Waals surface area contributed by atoms with Gasteiger partial charge in [0.25, 0.3) is 0 Å². The lowest BCUT2D eigenvalue weighted by molar-refractivity contribution is 0.0617. The zero-order chi connectivity index (χ0) is 10.3. The van der Waals surface area contributed by atoms with E-state index in [9.17, 15) is 0 Å². The summed E-state index contributed by atoms with van der Waals surface area (Å²) in [6, 6.07) is 0. The molecule has 0 aliphatic rings. The van der Waals surface area contributed by atoms with E-state index >= 15 is 0 Å². The lowest BCUT2D eigenvalue weighted by Gasteiger charge is -2.22. The molecule has 78 valence electrons. The average Bonchev–Trinajstić information content (AvgIpc) is 2.11. The summed E-state index contributed by atoms with van der Waals surface area (Å²) < 4.78 is 5.46. The zero-order valence-corrected chi connectivity index (χ0v) is 9.60. The highest BCUT2D eigenvalue weighted by atomic mass is 16.5. The van der Waals surface area contributed by atoms with Crippen LogP contribution in [0.1, 0.15) is 46.5 Å². The first-order valence-electron chi connectivity index (χ1n) is 5.31. The monoisotopic (exact) mass is 184 g/mol. The summed E-state index contributed by atoms with van der Waals surface area (Å²) in [7, 11) is 1.80. The van der Waals surface area contributed by atoms with E-state index in [2.05, 4.69) is 27.4 Å². The van der Waals surface area contributed by atoms with Crippen LogP contribution in [0.15, 0.2) is 12.2 Å². The van der Waals surface area contributed by atoms with Crippen molar-refractivity contribution in [3.8, 4) is 0 Å². The Labute approximate surface area is 83.2 Å². The molecule has 1 heteroatoms. The summed E-state index contributed by atoms with van der Waals surface area (Å²) in [4.78, 5) is 0. The highest BCUT2D eigenvalue weighted by Gasteiger charge is 2.16. The molecule has 0 aliphatic heterocycles. The minimum atomic E-state index is 0.365. The fraction of sp³-hybridized carbons (Fsp3) is 0.833. The Morgan fingerprint density at radius 3 is 2.38 bits per heavy atom. The van der Waals surface area contributed by atoms with E-state index in [-0.39, 0.29) is 0 Å². The SMILES string of the molecule is C=C(C)C(C)C(CCCCC)OC. The summed E-state index contributed by atoms with van der Waals surface area (Å²) in [6.45, 7) is 10.5. The number of hydrogen-bond donors (Lipinski definition) is 0. The van der Waals surface area contributed by atoms with E-state index in [0.717, 1.165) is 0 Å². The van der Waals surface area contributed by atoms with Gasteiger partial charge in [0.15, 0.2) is 0 Å². The number of methoxy groups -OCH3 is 1. The fourth-order valence-corrected chi connectivity index (χ4v) is 1.48. The molecule has 0 amide bonds. The molecule has 2 atom stereocenters. The molecule has 0 rings (SSSR count). The molecular weight excluding hydrogens is 160 g/mol. The Morgan fingerprint density at radius 2 is 2.00 bits per heavy atom. The maximum Gasteiger partial charge on any atom is 0.0633 e. The summed E-state index contributed by atoms with van der Waals surface area (Å²) >= 11 is 0. The second-order valence-electron chi connectivity index (χ2n) is 3.90. The Kier molecular flexibility index (Phi) is 6.97. The number of hydrogen-bond acceptors (Lipinski definition) is 1. The minimum Gasteiger partial charge on any atom is -0.381 e. The van der Waals surface area contributed by atoms with Gasteiger partial charge in [0.05, 0.1) is 6.10 Å². The first kappa shape index (κ1) is 12.7. The van der Waals surface area contributed by atoms with E-state index in [1.807, 2.05) is 0 Å². The zero-order valence-electron chi connectivity index (χ0n) is 9.60. The quantitative estimate of drug-likeness (QED) is 0.432. The second-order valence-corrected chi connectivity index (χ2v) is 3.90. The molecule has 2 unspecified atom stereocenters. The number of ether oxygens (including phenoxy) is 1. The maximum atomic E-state index is 5.46. The van der Waals surface area contributed by atoms with Crippen molar-refractivity contribution in [1.82, 2.24) is 0 Å². The topological polar surface area (TPSA) is 9.23 Å². The van der Waals surface area contributed by atoms with Crippen LogP contribution in [0.5, 0.6) is 0 Å². The average molecular weight is 184 g/mol. The molecule has 0 aliphatic carbocycles. The lowest BCUT2D eigenvalue weighted by Crippen LogP contribution is -2.20. The molecule has 0 radical (unpaired) electrons. The maximum absolute atomic E-state index is 5.46. The van der Waals surface area contributed by atoms with E-state index in [4.69, 9.17) is 4.74 Å². The van der Waals surface area contributed by atoms with Crippen LogP contribution in [0.2, 0.25) is 0 Å². The standard InChI is InChI=1S/C12H24O/c1-6-7-8-9-12(13-5)11(4)10(2)3/h11-12H,2,6-9H2,1,3-5H3. The fourth-order valence-electron chi connectivity index (χ4n) is 1.48. The summed E-state index contributed by atoms with van der Waals surface area (Å²) in [6.07, 6.45) is 5.38. The molecule has 0 aromatic carbocycles. The summed E-state index contributed by atoms with van der Waals surface area (Å²) in [5, 5.41) is 0. The predicted octanol–water partition coefficient (Wildman–Crippen LogP) is 3.79. The third-order valence-electron chi connectivity index (χ3n) is 2.73. The van der Waals surface area contributed by atoms with Gasteiger partial charge in [-0.05, 0) is 13.3 Å². The number of unbranched alkanes of at least 4 members (excludes halogenated alkanes) is 2. The van der Waals surface area contributed by atoms with Gasteiger partial charge in [0.2, 0.25) is 0 Å². The Hall–Kier alpha value is -0.300. The van der Waals surface area contributed by atoms with E-state index in [0.29, 0.717) is 12.0 Å². The smallest absolute Gasteiger partial charge is 0.0633 e. The van der Waals surface area contributed by atoms with Crippen molar-refractivity contribution in [3.05, 3.63) is 12.2 Å². The van der Waals surface area contributed by atoms with Crippen LogP contribution in [0.3, 0.4) is 0 Å². The third-order valence-corrected chi connectivity index (χ3v) is 2.73. The minimum absolute atomic E-state index is 0.365. The van der Waals surface area contributed by atoms with Crippen molar-refractivity contribution in [2.45, 2.75) is 52.6 Å². The van der Waals surface area contributed by atoms with Crippen LogP contribution in [0.4, 0.5) is 0 Å². The Morgan fingerprint density at radius 1 is 1.38 bits per heavy atom. The first-order chi connectivity index (χ1) is 6.13. The van der Waals surface area contributed by atoms with Crippen LogP contribution in [-0.4, -0.2) is 13.2 Å². The molecule has 13 heavy (non-hydrogen) atoms. The third kappa shape index (κ3) is 5.09. The molecule has 1 nitrogen and oxygen atoms in total. The van der Waals surface area contributed by atoms with Gasteiger partial charge in [-0.1, -0.05) is 45.3 Å². The van der Waals surface area contributed by atoms with Crippen molar-refractivity contribution in [1.29, 1.82) is 0 Å². The normalized spacial score (nSPS) is 15.4. The van der Waals surface area contributed by atoms with E-state index in [1.54, 1.807) is 7.11 Å². The second kappa shape index (κ2) is 7.14. The van der Waals surface area contributed by atoms with Gasteiger partial charge in [-0.3, -0.25) is 0 Å². The van der Waals surface area contributed by atoms with Crippen molar-refractivity contribution in [2.75, 3.05) is 7.11 Å². The van der Waals surface area contributed by atoms with Crippen LogP contribution >= 0.6 is 0 Å². The van der Waals surface area contributed by atoms with Crippen molar-refractivity contribution >= 4 is 0 Å². The van der Waals surface area contributed by atoms with Crippen molar-refractivity contribution in [3.63, 3.8) is 0 Å².